The van der Waals surface area contributed by atoms with Gasteiger partial charge in [0.15, 0.2) is 11.6 Å². The predicted octanol–water partition coefficient (Wildman–Crippen LogP) is 3.53. The van der Waals surface area contributed by atoms with Gasteiger partial charge in [0.25, 0.3) is 5.91 Å². The van der Waals surface area contributed by atoms with Crippen molar-refractivity contribution in [3.63, 3.8) is 0 Å². The van der Waals surface area contributed by atoms with E-state index in [0.717, 1.165) is 17.8 Å². The van der Waals surface area contributed by atoms with Crippen molar-refractivity contribution < 1.29 is 22.7 Å². The molecular formula is C24H21F3N4O2. The van der Waals surface area contributed by atoms with Crippen molar-refractivity contribution >= 4 is 11.6 Å². The Hall–Kier alpha value is -3.93. The first-order chi connectivity index (χ1) is 15.8. The Morgan fingerprint density at radius 1 is 1.06 bits per heavy atom. The summed E-state index contributed by atoms with van der Waals surface area (Å²) in [6, 6.07) is 11.3. The van der Waals surface area contributed by atoms with Crippen molar-refractivity contribution in [3.8, 4) is 6.07 Å². The first kappa shape index (κ1) is 22.3. The van der Waals surface area contributed by atoms with Crippen LogP contribution in [0.5, 0.6) is 0 Å². The summed E-state index contributed by atoms with van der Waals surface area (Å²) in [6.45, 7) is 3.33. The normalized spacial score (nSPS) is 18.8. The van der Waals surface area contributed by atoms with Crippen molar-refractivity contribution in [3.05, 3.63) is 88.3 Å². The Balaban J connectivity index is 1.61. The highest BCUT2D eigenvalue weighted by atomic mass is 19.2. The van der Waals surface area contributed by atoms with Crippen molar-refractivity contribution in [2.75, 3.05) is 31.1 Å². The maximum absolute atomic E-state index is 14.0. The molecule has 2 heterocycles. The van der Waals surface area contributed by atoms with Gasteiger partial charge in [0.05, 0.1) is 11.5 Å². The number of halogens is 3. The molecule has 1 amide bonds. The molecule has 0 radical (unpaired) electrons. The van der Waals surface area contributed by atoms with Gasteiger partial charge >= 0.3 is 0 Å². The number of allylic oxidation sites excluding steroid dienone is 2. The zero-order valence-electron chi connectivity index (χ0n) is 17.8. The van der Waals surface area contributed by atoms with Crippen LogP contribution in [0.1, 0.15) is 18.4 Å². The molecule has 2 aliphatic heterocycles. The van der Waals surface area contributed by atoms with Gasteiger partial charge in [-0.1, -0.05) is 6.07 Å². The second-order valence-electron chi connectivity index (χ2n) is 7.82. The third-order valence-corrected chi connectivity index (χ3v) is 5.87. The fourth-order valence-corrected chi connectivity index (χ4v) is 4.17. The number of nitrogens with zero attached hydrogens (tertiary/aromatic N) is 3. The maximum Gasteiger partial charge on any atom is 0.254 e. The highest BCUT2D eigenvalue weighted by Crippen LogP contribution is 2.40. The lowest BCUT2D eigenvalue weighted by molar-refractivity contribution is -0.128. The highest BCUT2D eigenvalue weighted by Gasteiger charge is 2.38. The van der Waals surface area contributed by atoms with Crippen LogP contribution < -0.4 is 10.6 Å². The number of anilines is 1. The molecule has 1 unspecified atom stereocenters. The average Bonchev–Trinajstić information content (AvgIpc) is 2.81. The number of ether oxygens (including phenoxy) is 1. The molecule has 1 saturated heterocycles. The number of hydrogen-bond donors (Lipinski definition) is 1. The van der Waals surface area contributed by atoms with Crippen LogP contribution in [-0.4, -0.2) is 37.0 Å². The monoisotopic (exact) mass is 454 g/mol. The molecule has 9 heteroatoms. The summed E-state index contributed by atoms with van der Waals surface area (Å²) in [5.41, 5.74) is 7.07. The lowest BCUT2D eigenvalue weighted by Gasteiger charge is -2.38. The molecule has 33 heavy (non-hydrogen) atoms. The number of nitrogens with two attached hydrogens (primary N) is 1. The quantitative estimate of drug-likeness (QED) is 0.767. The summed E-state index contributed by atoms with van der Waals surface area (Å²) in [6.07, 6.45) is 0. The van der Waals surface area contributed by atoms with E-state index in [1.165, 1.54) is 18.2 Å². The number of amides is 1. The molecule has 2 aliphatic rings. The minimum Gasteiger partial charge on any atom is -0.445 e. The molecule has 1 fully saturated rings. The van der Waals surface area contributed by atoms with Crippen molar-refractivity contribution in [1.29, 1.82) is 5.26 Å². The molecule has 0 aromatic heterocycles. The number of piperazine rings is 1. The smallest absolute Gasteiger partial charge is 0.254 e. The fraction of sp³-hybridized carbons (Fsp3) is 0.250. The van der Waals surface area contributed by atoms with Crippen LogP contribution in [0.4, 0.5) is 18.9 Å². The van der Waals surface area contributed by atoms with E-state index in [1.807, 2.05) is 11.0 Å². The van der Waals surface area contributed by atoms with Gasteiger partial charge in [-0.2, -0.15) is 5.26 Å². The number of rotatable bonds is 3. The van der Waals surface area contributed by atoms with Crippen LogP contribution >= 0.6 is 0 Å². The molecule has 2 N–H and O–H groups in total. The Morgan fingerprint density at radius 3 is 2.33 bits per heavy atom. The lowest BCUT2D eigenvalue weighted by atomic mass is 9.82. The Labute approximate surface area is 189 Å². The van der Waals surface area contributed by atoms with E-state index in [-0.39, 0.29) is 40.1 Å². The SMILES string of the molecule is CC1=C(C(=O)N2CCN(c3ccc(F)cc3)CC2)C(c2ccc(F)c(F)c2)C(C#N)=C(N)O1. The minimum absolute atomic E-state index is 0.0418. The predicted molar refractivity (Wildman–Crippen MR) is 115 cm³/mol. The minimum atomic E-state index is -1.09. The van der Waals surface area contributed by atoms with Crippen LogP contribution in [0, 0.1) is 28.8 Å². The fourth-order valence-electron chi connectivity index (χ4n) is 4.17. The average molecular weight is 454 g/mol. The molecule has 1 atom stereocenters. The number of nitriles is 1. The lowest BCUT2D eigenvalue weighted by Crippen LogP contribution is -2.50. The van der Waals surface area contributed by atoms with Gasteiger partial charge in [0.1, 0.15) is 23.2 Å². The van der Waals surface area contributed by atoms with Gasteiger partial charge in [-0.15, -0.1) is 0 Å². The third kappa shape index (κ3) is 4.24. The molecule has 0 saturated carbocycles. The summed E-state index contributed by atoms with van der Waals surface area (Å²) < 4.78 is 46.2. The Bertz CT molecular complexity index is 1190. The maximum atomic E-state index is 14.0. The molecule has 6 nitrogen and oxygen atoms in total. The second kappa shape index (κ2) is 8.90. The van der Waals surface area contributed by atoms with Crippen LogP contribution in [0.3, 0.4) is 0 Å². The van der Waals surface area contributed by atoms with Crippen molar-refractivity contribution in [2.24, 2.45) is 5.73 Å². The van der Waals surface area contributed by atoms with Gasteiger partial charge in [-0.25, -0.2) is 13.2 Å². The zero-order chi connectivity index (χ0) is 23.7. The van der Waals surface area contributed by atoms with Crippen LogP contribution in [-0.2, 0) is 9.53 Å². The van der Waals surface area contributed by atoms with Gasteiger partial charge in [0.2, 0.25) is 5.88 Å². The molecule has 0 aliphatic carbocycles. The van der Waals surface area contributed by atoms with E-state index < -0.39 is 17.6 Å². The molecule has 0 spiro atoms. The number of benzene rings is 2. The van der Waals surface area contributed by atoms with E-state index in [4.69, 9.17) is 10.5 Å². The van der Waals surface area contributed by atoms with Crippen molar-refractivity contribution in [2.45, 2.75) is 12.8 Å². The molecule has 4 rings (SSSR count). The summed E-state index contributed by atoms with van der Waals surface area (Å²) in [5.74, 6) is -3.78. The Morgan fingerprint density at radius 2 is 1.73 bits per heavy atom. The summed E-state index contributed by atoms with van der Waals surface area (Å²) in [7, 11) is 0. The first-order valence-corrected chi connectivity index (χ1v) is 10.3. The van der Waals surface area contributed by atoms with Crippen LogP contribution in [0.15, 0.2) is 65.3 Å². The number of carbonyl (C=O) groups excluding carboxylic acids is 1. The van der Waals surface area contributed by atoms with E-state index >= 15 is 0 Å². The van der Waals surface area contributed by atoms with Gasteiger partial charge in [-0.05, 0) is 48.9 Å². The number of hydrogen-bond acceptors (Lipinski definition) is 5. The second-order valence-corrected chi connectivity index (χ2v) is 7.82. The molecular weight excluding hydrogens is 433 g/mol. The largest absolute Gasteiger partial charge is 0.445 e. The third-order valence-electron chi connectivity index (χ3n) is 5.87. The summed E-state index contributed by atoms with van der Waals surface area (Å²) >= 11 is 0. The molecule has 170 valence electrons. The topological polar surface area (TPSA) is 82.6 Å². The van der Waals surface area contributed by atoms with E-state index in [2.05, 4.69) is 0 Å². The van der Waals surface area contributed by atoms with E-state index in [0.29, 0.717) is 26.2 Å². The van der Waals surface area contributed by atoms with Crippen molar-refractivity contribution in [1.82, 2.24) is 4.90 Å². The zero-order valence-corrected chi connectivity index (χ0v) is 17.8. The Kier molecular flexibility index (Phi) is 6.01. The molecule has 2 aromatic carbocycles. The van der Waals surface area contributed by atoms with Crippen LogP contribution in [0.25, 0.3) is 0 Å². The van der Waals surface area contributed by atoms with Crippen LogP contribution in [0.2, 0.25) is 0 Å². The van der Waals surface area contributed by atoms with Gasteiger partial charge in [-0.3, -0.25) is 4.79 Å². The van der Waals surface area contributed by atoms with E-state index in [1.54, 1.807) is 24.0 Å². The number of carbonyl (C=O) groups is 1. The molecule has 2 aromatic rings. The standard InChI is InChI=1S/C24H21F3N4O2/c1-14-21(22(18(13-28)23(29)33-14)15-2-7-19(26)20(27)12-15)24(32)31-10-8-30(9-11-31)17-5-3-16(25)4-6-17/h2-7,12,22H,8-11,29H2,1H3. The van der Waals surface area contributed by atoms with Gasteiger partial charge < -0.3 is 20.3 Å². The summed E-state index contributed by atoms with van der Waals surface area (Å²) in [4.78, 5) is 17.2. The highest BCUT2D eigenvalue weighted by molar-refractivity contribution is 5.97. The first-order valence-electron chi connectivity index (χ1n) is 10.3. The van der Waals surface area contributed by atoms with E-state index in [9.17, 15) is 23.2 Å². The molecule has 0 bridgehead atoms. The summed E-state index contributed by atoms with van der Waals surface area (Å²) in [5, 5.41) is 9.68. The van der Waals surface area contributed by atoms with Gasteiger partial charge in [0, 0.05) is 31.9 Å².